The van der Waals surface area contributed by atoms with Crippen molar-refractivity contribution >= 4 is 15.8 Å². The minimum absolute atomic E-state index is 0.0433. The second kappa shape index (κ2) is 8.47. The van der Waals surface area contributed by atoms with E-state index in [4.69, 9.17) is 18.9 Å². The van der Waals surface area contributed by atoms with Crippen molar-refractivity contribution in [1.29, 1.82) is 0 Å². The number of ether oxygens (including phenoxy) is 4. The van der Waals surface area contributed by atoms with E-state index in [2.05, 4.69) is 0 Å². The molecule has 9 heteroatoms. The molecule has 0 aromatic heterocycles. The molecular weight excluding hydrogens is 391 g/mol. The van der Waals surface area contributed by atoms with Crippen molar-refractivity contribution in [3.8, 4) is 17.2 Å². The molecule has 0 bridgehead atoms. The van der Waals surface area contributed by atoms with Crippen LogP contribution in [0.4, 0.5) is 4.39 Å². The van der Waals surface area contributed by atoms with E-state index in [9.17, 15) is 17.6 Å². The molecule has 0 saturated heterocycles. The molecule has 1 heterocycles. The molecule has 28 heavy (non-hydrogen) atoms. The monoisotopic (exact) mass is 410 g/mol. The Balaban J connectivity index is 1.55. The molecule has 1 aliphatic heterocycles. The third kappa shape index (κ3) is 4.72. The Morgan fingerprint density at radius 2 is 1.86 bits per heavy atom. The molecule has 2 aromatic carbocycles. The Kier molecular flexibility index (Phi) is 6.03. The smallest absolute Gasteiger partial charge is 0.307 e. The second-order valence-corrected chi connectivity index (χ2v) is 8.11. The van der Waals surface area contributed by atoms with Gasteiger partial charge in [0, 0.05) is 6.07 Å². The van der Waals surface area contributed by atoms with Gasteiger partial charge in [0.25, 0.3) is 0 Å². The van der Waals surface area contributed by atoms with Crippen LogP contribution in [0, 0.1) is 5.82 Å². The summed E-state index contributed by atoms with van der Waals surface area (Å²) in [5.74, 6) is -0.759. The Morgan fingerprint density at radius 3 is 2.57 bits per heavy atom. The number of hydrogen-bond acceptors (Lipinski definition) is 7. The molecule has 0 unspecified atom stereocenters. The first kappa shape index (κ1) is 19.9. The maximum Gasteiger partial charge on any atom is 0.307 e. The van der Waals surface area contributed by atoms with Crippen molar-refractivity contribution in [3.63, 3.8) is 0 Å². The van der Waals surface area contributed by atoms with Crippen LogP contribution in [0.3, 0.4) is 0 Å². The van der Waals surface area contributed by atoms with Crippen molar-refractivity contribution < 1.29 is 36.6 Å². The predicted octanol–water partition coefficient (Wildman–Crippen LogP) is 2.51. The van der Waals surface area contributed by atoms with E-state index in [0.29, 0.717) is 30.3 Å². The highest BCUT2D eigenvalue weighted by molar-refractivity contribution is 7.91. The molecule has 150 valence electrons. The van der Waals surface area contributed by atoms with E-state index in [0.717, 1.165) is 0 Å². The van der Waals surface area contributed by atoms with Crippen molar-refractivity contribution in [3.05, 3.63) is 47.8 Å². The van der Waals surface area contributed by atoms with Gasteiger partial charge < -0.3 is 18.9 Å². The van der Waals surface area contributed by atoms with Crippen LogP contribution >= 0.6 is 0 Å². The zero-order valence-electron chi connectivity index (χ0n) is 15.1. The van der Waals surface area contributed by atoms with Crippen molar-refractivity contribution in [1.82, 2.24) is 0 Å². The molecule has 0 saturated carbocycles. The Morgan fingerprint density at radius 1 is 1.11 bits per heavy atom. The molecule has 1 aliphatic rings. The summed E-state index contributed by atoms with van der Waals surface area (Å²) in [6.07, 6.45) is -0.324. The molecule has 0 atom stereocenters. The Hall–Kier alpha value is -2.81. The average Bonchev–Trinajstić information content (AvgIpc) is 2.70. The summed E-state index contributed by atoms with van der Waals surface area (Å²) in [5, 5.41) is 0. The number of rotatable bonds is 7. The molecule has 0 spiro atoms. The van der Waals surface area contributed by atoms with E-state index in [1.165, 1.54) is 37.4 Å². The number of carbonyl (C=O) groups excluding carboxylic acids is 1. The SMILES string of the molecule is COc1ccc(COC(=O)CCS(=O)(=O)c2ccc3c(c2)OCCO3)cc1F. The van der Waals surface area contributed by atoms with Gasteiger partial charge in [0.05, 0.1) is 24.2 Å². The standard InChI is InChI=1S/C19H19FO7S/c1-24-16-4-2-13(10-15(16)20)12-27-19(21)6-9-28(22,23)14-3-5-17-18(11-14)26-8-7-25-17/h2-5,10-11H,6-9,12H2,1H3. The van der Waals surface area contributed by atoms with Gasteiger partial charge in [-0.1, -0.05) is 6.07 Å². The number of esters is 1. The highest BCUT2D eigenvalue weighted by Crippen LogP contribution is 2.32. The summed E-state index contributed by atoms with van der Waals surface area (Å²) in [6.45, 7) is 0.585. The highest BCUT2D eigenvalue weighted by atomic mass is 32.2. The lowest BCUT2D eigenvalue weighted by atomic mass is 10.2. The van der Waals surface area contributed by atoms with Crippen LogP contribution < -0.4 is 14.2 Å². The average molecular weight is 410 g/mol. The first-order valence-corrected chi connectivity index (χ1v) is 10.1. The lowest BCUT2D eigenvalue weighted by Gasteiger charge is -2.18. The van der Waals surface area contributed by atoms with Crippen LogP contribution in [0.1, 0.15) is 12.0 Å². The fourth-order valence-electron chi connectivity index (χ4n) is 2.59. The molecule has 0 radical (unpaired) electrons. The predicted molar refractivity (Wildman–Crippen MR) is 96.8 cm³/mol. The number of benzene rings is 2. The lowest BCUT2D eigenvalue weighted by molar-refractivity contribution is -0.144. The summed E-state index contributed by atoms with van der Waals surface area (Å²) < 4.78 is 59.1. The van der Waals surface area contributed by atoms with Gasteiger partial charge in [-0.15, -0.1) is 0 Å². The third-order valence-electron chi connectivity index (χ3n) is 4.06. The minimum atomic E-state index is -3.70. The fourth-order valence-corrected chi connectivity index (χ4v) is 3.82. The third-order valence-corrected chi connectivity index (χ3v) is 5.78. The van der Waals surface area contributed by atoms with Gasteiger partial charge >= 0.3 is 5.97 Å². The lowest BCUT2D eigenvalue weighted by Crippen LogP contribution is -2.17. The fraction of sp³-hybridized carbons (Fsp3) is 0.316. The maximum absolute atomic E-state index is 13.6. The van der Waals surface area contributed by atoms with Crippen LogP contribution in [0.15, 0.2) is 41.3 Å². The largest absolute Gasteiger partial charge is 0.494 e. The zero-order valence-corrected chi connectivity index (χ0v) is 16.0. The van der Waals surface area contributed by atoms with E-state index >= 15 is 0 Å². The topological polar surface area (TPSA) is 88.1 Å². The van der Waals surface area contributed by atoms with Crippen molar-refractivity contribution in [2.75, 3.05) is 26.1 Å². The van der Waals surface area contributed by atoms with Crippen LogP contribution in [0.25, 0.3) is 0 Å². The first-order valence-electron chi connectivity index (χ1n) is 8.49. The van der Waals surface area contributed by atoms with Gasteiger partial charge in [0.2, 0.25) is 0 Å². The molecule has 0 amide bonds. The van der Waals surface area contributed by atoms with E-state index in [1.807, 2.05) is 0 Å². The van der Waals surface area contributed by atoms with Gasteiger partial charge in [0.15, 0.2) is 32.9 Å². The maximum atomic E-state index is 13.6. The Bertz CT molecular complexity index is 972. The zero-order chi connectivity index (χ0) is 20.1. The van der Waals surface area contributed by atoms with Gasteiger partial charge in [-0.25, -0.2) is 12.8 Å². The summed E-state index contributed by atoms with van der Waals surface area (Å²) >= 11 is 0. The van der Waals surface area contributed by atoms with Gasteiger partial charge in [-0.3, -0.25) is 4.79 Å². The van der Waals surface area contributed by atoms with Crippen LogP contribution in [0.5, 0.6) is 17.2 Å². The van der Waals surface area contributed by atoms with Crippen LogP contribution in [-0.4, -0.2) is 40.5 Å². The van der Waals surface area contributed by atoms with Crippen LogP contribution in [0.2, 0.25) is 0 Å². The summed E-state index contributed by atoms with van der Waals surface area (Å²) in [4.78, 5) is 11.9. The minimum Gasteiger partial charge on any atom is -0.494 e. The van der Waals surface area contributed by atoms with Gasteiger partial charge in [-0.2, -0.15) is 0 Å². The summed E-state index contributed by atoms with van der Waals surface area (Å²) in [7, 11) is -2.35. The highest BCUT2D eigenvalue weighted by Gasteiger charge is 2.21. The number of carbonyl (C=O) groups is 1. The van der Waals surface area contributed by atoms with Crippen LogP contribution in [-0.2, 0) is 26.0 Å². The molecular formula is C19H19FO7S. The number of fused-ring (bicyclic) bond motifs is 1. The quantitative estimate of drug-likeness (QED) is 0.648. The summed E-state index contributed by atoms with van der Waals surface area (Å²) in [6, 6.07) is 8.49. The Labute approximate surface area is 161 Å². The molecule has 0 aliphatic carbocycles. The van der Waals surface area contributed by atoms with Gasteiger partial charge in [0.1, 0.15) is 19.8 Å². The number of halogens is 1. The van der Waals surface area contributed by atoms with E-state index in [-0.39, 0.29) is 23.7 Å². The number of hydrogen-bond donors (Lipinski definition) is 0. The molecule has 2 aromatic rings. The number of methoxy groups -OCH3 is 1. The number of sulfone groups is 1. The van der Waals surface area contributed by atoms with Gasteiger partial charge in [-0.05, 0) is 29.8 Å². The van der Waals surface area contributed by atoms with E-state index in [1.54, 1.807) is 6.07 Å². The summed E-state index contributed by atoms with van der Waals surface area (Å²) in [5.41, 5.74) is 0.432. The molecule has 7 nitrogen and oxygen atoms in total. The van der Waals surface area contributed by atoms with Crippen molar-refractivity contribution in [2.45, 2.75) is 17.9 Å². The molecule has 3 rings (SSSR count). The first-order chi connectivity index (χ1) is 13.4. The molecule has 0 N–H and O–H groups in total. The van der Waals surface area contributed by atoms with Crippen molar-refractivity contribution in [2.24, 2.45) is 0 Å². The molecule has 0 fully saturated rings. The second-order valence-electron chi connectivity index (χ2n) is 6.00. The van der Waals surface area contributed by atoms with E-state index < -0.39 is 27.4 Å². The normalized spacial score (nSPS) is 13.1.